The molecule has 5 nitrogen and oxygen atoms in total. The number of carboxylic acid groups (broad SMARTS) is 1. The van der Waals surface area contributed by atoms with E-state index in [2.05, 4.69) is 12.2 Å². The van der Waals surface area contributed by atoms with Crippen LogP contribution in [0.15, 0.2) is 0 Å². The Morgan fingerprint density at radius 1 is 1.11 bits per heavy atom. The minimum atomic E-state index is -0.884. The van der Waals surface area contributed by atoms with Gasteiger partial charge in [-0.1, -0.05) is 39.0 Å². The predicted molar refractivity (Wildman–Crippen MR) is 71.7 cm³/mol. The summed E-state index contributed by atoms with van der Waals surface area (Å²) in [6.07, 6.45) is 7.12. The van der Waals surface area contributed by atoms with E-state index in [0.29, 0.717) is 6.54 Å². The summed E-state index contributed by atoms with van der Waals surface area (Å²) in [5.41, 5.74) is 0. The van der Waals surface area contributed by atoms with Crippen molar-refractivity contribution in [1.29, 1.82) is 0 Å². The SMILES string of the molecule is CCCCCCCCNC(=O)N(C)CCC(=O)O. The van der Waals surface area contributed by atoms with Crippen molar-refractivity contribution in [2.24, 2.45) is 0 Å². The van der Waals surface area contributed by atoms with E-state index in [1.807, 2.05) is 0 Å². The number of carboxylic acids is 1. The van der Waals surface area contributed by atoms with Crippen molar-refractivity contribution in [3.63, 3.8) is 0 Å². The molecule has 0 rings (SSSR count). The molecular weight excluding hydrogens is 232 g/mol. The van der Waals surface area contributed by atoms with Gasteiger partial charge in [-0.05, 0) is 6.42 Å². The third kappa shape index (κ3) is 9.93. The van der Waals surface area contributed by atoms with Gasteiger partial charge in [-0.2, -0.15) is 0 Å². The number of amides is 2. The van der Waals surface area contributed by atoms with E-state index in [4.69, 9.17) is 5.11 Å². The van der Waals surface area contributed by atoms with Gasteiger partial charge in [0.1, 0.15) is 0 Å². The minimum absolute atomic E-state index is 0.0130. The molecule has 0 unspecified atom stereocenters. The zero-order valence-electron chi connectivity index (χ0n) is 11.6. The standard InChI is InChI=1S/C13H26N2O3/c1-3-4-5-6-7-8-10-14-13(18)15(2)11-9-12(16)17/h3-11H2,1-2H3,(H,14,18)(H,16,17). The van der Waals surface area contributed by atoms with E-state index in [0.717, 1.165) is 12.8 Å². The van der Waals surface area contributed by atoms with Gasteiger partial charge < -0.3 is 15.3 Å². The van der Waals surface area contributed by atoms with Gasteiger partial charge >= 0.3 is 12.0 Å². The van der Waals surface area contributed by atoms with Crippen LogP contribution in [0.25, 0.3) is 0 Å². The normalized spacial score (nSPS) is 10.1. The molecular formula is C13H26N2O3. The van der Waals surface area contributed by atoms with Crippen LogP contribution in [0.5, 0.6) is 0 Å². The number of urea groups is 1. The Morgan fingerprint density at radius 3 is 2.33 bits per heavy atom. The zero-order chi connectivity index (χ0) is 13.8. The van der Waals surface area contributed by atoms with Crippen molar-refractivity contribution >= 4 is 12.0 Å². The van der Waals surface area contributed by atoms with E-state index in [9.17, 15) is 9.59 Å². The number of rotatable bonds is 10. The molecule has 2 N–H and O–H groups in total. The highest BCUT2D eigenvalue weighted by Crippen LogP contribution is 2.04. The Hall–Kier alpha value is -1.26. The number of hydrogen-bond acceptors (Lipinski definition) is 2. The largest absolute Gasteiger partial charge is 0.481 e. The van der Waals surface area contributed by atoms with Gasteiger partial charge in [0.05, 0.1) is 6.42 Å². The maximum atomic E-state index is 11.5. The lowest BCUT2D eigenvalue weighted by Gasteiger charge is -2.16. The summed E-state index contributed by atoms with van der Waals surface area (Å²) in [6.45, 7) is 3.10. The molecule has 5 heteroatoms. The van der Waals surface area contributed by atoms with E-state index in [1.54, 1.807) is 7.05 Å². The second kappa shape index (κ2) is 10.9. The summed E-state index contributed by atoms with van der Waals surface area (Å²) in [4.78, 5) is 23.3. The van der Waals surface area contributed by atoms with Crippen LogP contribution in [0.2, 0.25) is 0 Å². The molecule has 0 aromatic carbocycles. The number of nitrogens with one attached hydrogen (secondary N) is 1. The number of carbonyl (C=O) groups excluding carboxylic acids is 1. The fourth-order valence-electron chi connectivity index (χ4n) is 1.60. The van der Waals surface area contributed by atoms with Crippen molar-refractivity contribution in [3.05, 3.63) is 0 Å². The van der Waals surface area contributed by atoms with Crippen molar-refractivity contribution in [2.45, 2.75) is 51.9 Å². The van der Waals surface area contributed by atoms with E-state index >= 15 is 0 Å². The minimum Gasteiger partial charge on any atom is -0.481 e. The second-order valence-corrected chi connectivity index (χ2v) is 4.56. The summed E-state index contributed by atoms with van der Waals surface area (Å²) in [5.74, 6) is -0.884. The molecule has 0 bridgehead atoms. The molecule has 0 radical (unpaired) electrons. The monoisotopic (exact) mass is 258 g/mol. The lowest BCUT2D eigenvalue weighted by molar-refractivity contribution is -0.137. The van der Waals surface area contributed by atoms with E-state index < -0.39 is 5.97 Å². The molecule has 0 aliphatic carbocycles. The highest BCUT2D eigenvalue weighted by Gasteiger charge is 2.08. The molecule has 0 saturated heterocycles. The fraction of sp³-hybridized carbons (Fsp3) is 0.846. The Labute approximate surface area is 110 Å². The van der Waals surface area contributed by atoms with Crippen LogP contribution in [0.3, 0.4) is 0 Å². The number of nitrogens with zero attached hydrogens (tertiary/aromatic N) is 1. The average Bonchev–Trinajstić information content (AvgIpc) is 2.34. The Bertz CT molecular complexity index is 244. The molecule has 0 fully saturated rings. The maximum absolute atomic E-state index is 11.5. The molecule has 106 valence electrons. The van der Waals surface area contributed by atoms with Crippen LogP contribution in [-0.2, 0) is 4.79 Å². The summed E-state index contributed by atoms with van der Waals surface area (Å²) < 4.78 is 0. The molecule has 0 spiro atoms. The topological polar surface area (TPSA) is 69.6 Å². The lowest BCUT2D eigenvalue weighted by Crippen LogP contribution is -2.38. The molecule has 0 saturated carbocycles. The van der Waals surface area contributed by atoms with Crippen molar-refractivity contribution in [3.8, 4) is 0 Å². The quantitative estimate of drug-likeness (QED) is 0.591. The van der Waals surface area contributed by atoms with Crippen LogP contribution >= 0.6 is 0 Å². The number of carbonyl (C=O) groups is 2. The summed E-state index contributed by atoms with van der Waals surface area (Å²) in [6, 6.07) is -0.190. The van der Waals surface area contributed by atoms with Crippen LogP contribution in [0, 0.1) is 0 Å². The molecule has 18 heavy (non-hydrogen) atoms. The highest BCUT2D eigenvalue weighted by atomic mass is 16.4. The summed E-state index contributed by atoms with van der Waals surface area (Å²) in [7, 11) is 1.61. The van der Waals surface area contributed by atoms with Crippen LogP contribution in [-0.4, -0.2) is 42.1 Å². The predicted octanol–water partition coefficient (Wildman–Crippen LogP) is 2.46. The number of aliphatic carboxylic acids is 1. The summed E-state index contributed by atoms with van der Waals surface area (Å²) in [5, 5.41) is 11.3. The van der Waals surface area contributed by atoms with Gasteiger partial charge in [0.2, 0.25) is 0 Å². The van der Waals surface area contributed by atoms with Gasteiger partial charge in [0, 0.05) is 20.1 Å². The van der Waals surface area contributed by atoms with Gasteiger partial charge in [0.15, 0.2) is 0 Å². The Kier molecular flexibility index (Phi) is 10.1. The van der Waals surface area contributed by atoms with E-state index in [1.165, 1.54) is 30.6 Å². The first-order chi connectivity index (χ1) is 8.57. The van der Waals surface area contributed by atoms with E-state index in [-0.39, 0.29) is 19.0 Å². The lowest BCUT2D eigenvalue weighted by atomic mass is 10.1. The smallest absolute Gasteiger partial charge is 0.317 e. The number of unbranched alkanes of at least 4 members (excludes halogenated alkanes) is 5. The third-order valence-electron chi connectivity index (χ3n) is 2.81. The van der Waals surface area contributed by atoms with Gasteiger partial charge in [0.25, 0.3) is 0 Å². The highest BCUT2D eigenvalue weighted by molar-refractivity contribution is 5.74. The first kappa shape index (κ1) is 16.7. The average molecular weight is 258 g/mol. The molecule has 2 amide bonds. The van der Waals surface area contributed by atoms with Crippen molar-refractivity contribution < 1.29 is 14.7 Å². The molecule has 0 aromatic heterocycles. The van der Waals surface area contributed by atoms with Crippen LogP contribution < -0.4 is 5.32 Å². The summed E-state index contributed by atoms with van der Waals surface area (Å²) >= 11 is 0. The number of hydrogen-bond donors (Lipinski definition) is 2. The van der Waals surface area contributed by atoms with Crippen LogP contribution in [0.4, 0.5) is 4.79 Å². The first-order valence-corrected chi connectivity index (χ1v) is 6.78. The molecule has 0 heterocycles. The first-order valence-electron chi connectivity index (χ1n) is 6.78. The third-order valence-corrected chi connectivity index (χ3v) is 2.81. The van der Waals surface area contributed by atoms with Gasteiger partial charge in [-0.15, -0.1) is 0 Å². The second-order valence-electron chi connectivity index (χ2n) is 4.56. The van der Waals surface area contributed by atoms with Crippen LogP contribution in [0.1, 0.15) is 51.9 Å². The maximum Gasteiger partial charge on any atom is 0.317 e. The van der Waals surface area contributed by atoms with Gasteiger partial charge in [-0.3, -0.25) is 4.79 Å². The molecule has 0 atom stereocenters. The Morgan fingerprint density at radius 2 is 1.72 bits per heavy atom. The molecule has 0 aliphatic heterocycles. The van der Waals surface area contributed by atoms with Gasteiger partial charge in [-0.25, -0.2) is 4.79 Å². The molecule has 0 aromatic rings. The fourth-order valence-corrected chi connectivity index (χ4v) is 1.60. The zero-order valence-corrected chi connectivity index (χ0v) is 11.6. The van der Waals surface area contributed by atoms with Crippen molar-refractivity contribution in [2.75, 3.05) is 20.1 Å². The van der Waals surface area contributed by atoms with Crippen molar-refractivity contribution in [1.82, 2.24) is 10.2 Å². The molecule has 0 aliphatic rings. The Balaban J connectivity index is 3.43.